The van der Waals surface area contributed by atoms with Crippen LogP contribution >= 0.6 is 11.3 Å². The largest absolute Gasteiger partial charge is 0.320 e. The molecule has 0 atom stereocenters. The summed E-state index contributed by atoms with van der Waals surface area (Å²) in [7, 11) is 0. The second-order valence-electron chi connectivity index (χ2n) is 5.12. The minimum Gasteiger partial charge on any atom is -0.320 e. The van der Waals surface area contributed by atoms with Crippen LogP contribution in [0.2, 0.25) is 0 Å². The van der Waals surface area contributed by atoms with Crippen LogP contribution in [0.1, 0.15) is 37.2 Å². The monoisotopic (exact) mass is 264 g/mol. The van der Waals surface area contributed by atoms with E-state index < -0.39 is 0 Å². The van der Waals surface area contributed by atoms with Crippen molar-refractivity contribution in [1.82, 2.24) is 14.8 Å². The second kappa shape index (κ2) is 4.48. The van der Waals surface area contributed by atoms with Crippen LogP contribution in [0.3, 0.4) is 0 Å². The van der Waals surface area contributed by atoms with Crippen molar-refractivity contribution in [1.29, 1.82) is 0 Å². The number of thiazole rings is 1. The lowest BCUT2D eigenvalue weighted by atomic mass is 10.1. The molecule has 2 N–H and O–H groups in total. The van der Waals surface area contributed by atoms with Crippen molar-refractivity contribution in [2.75, 3.05) is 0 Å². The first kappa shape index (κ1) is 13.2. The zero-order valence-corrected chi connectivity index (χ0v) is 12.4. The van der Waals surface area contributed by atoms with Gasteiger partial charge in [-0.15, -0.1) is 11.3 Å². The highest BCUT2D eigenvalue weighted by molar-refractivity contribution is 7.10. The van der Waals surface area contributed by atoms with Gasteiger partial charge in [-0.1, -0.05) is 0 Å². The molecule has 2 rings (SSSR count). The maximum Gasteiger partial charge on any atom is 0.113 e. The molecule has 18 heavy (non-hydrogen) atoms. The van der Waals surface area contributed by atoms with Crippen LogP contribution in [-0.4, -0.2) is 14.8 Å². The molecule has 2 aromatic rings. The van der Waals surface area contributed by atoms with Crippen molar-refractivity contribution in [2.24, 2.45) is 5.73 Å². The molecule has 0 aromatic carbocycles. The van der Waals surface area contributed by atoms with Crippen molar-refractivity contribution >= 4 is 11.3 Å². The van der Waals surface area contributed by atoms with Gasteiger partial charge in [0, 0.05) is 23.2 Å². The summed E-state index contributed by atoms with van der Waals surface area (Å²) >= 11 is 1.61. The molecule has 0 aliphatic heterocycles. The number of aryl methyl sites for hydroxylation is 2. The van der Waals surface area contributed by atoms with Crippen molar-refractivity contribution < 1.29 is 0 Å². The summed E-state index contributed by atoms with van der Waals surface area (Å²) in [5, 5.41) is 7.56. The van der Waals surface area contributed by atoms with Gasteiger partial charge in [0.2, 0.25) is 0 Å². The Morgan fingerprint density at radius 1 is 1.39 bits per heavy atom. The third kappa shape index (κ3) is 2.20. The Bertz CT molecular complexity index is 560. The number of nitrogens with two attached hydrogens (primary N) is 1. The Morgan fingerprint density at radius 2 is 2.06 bits per heavy atom. The predicted octanol–water partition coefficient (Wildman–Crippen LogP) is 2.84. The molecular formula is C13H20N4S. The average molecular weight is 264 g/mol. The van der Waals surface area contributed by atoms with E-state index in [9.17, 15) is 0 Å². The summed E-state index contributed by atoms with van der Waals surface area (Å²) in [6.07, 6.45) is 0. The third-order valence-electron chi connectivity index (χ3n) is 2.99. The maximum absolute atomic E-state index is 6.08. The Hall–Kier alpha value is -1.20. The van der Waals surface area contributed by atoms with Gasteiger partial charge in [-0.3, -0.25) is 4.68 Å². The molecule has 4 nitrogen and oxygen atoms in total. The Balaban J connectivity index is 2.50. The summed E-state index contributed by atoms with van der Waals surface area (Å²) in [6, 6.07) is 0. The number of hydrogen-bond acceptors (Lipinski definition) is 4. The van der Waals surface area contributed by atoms with Crippen molar-refractivity contribution in [2.45, 2.75) is 46.7 Å². The van der Waals surface area contributed by atoms with Crippen LogP contribution in [0.4, 0.5) is 0 Å². The molecule has 5 heteroatoms. The van der Waals surface area contributed by atoms with E-state index in [0.29, 0.717) is 0 Å². The smallest absolute Gasteiger partial charge is 0.113 e. The summed E-state index contributed by atoms with van der Waals surface area (Å²) < 4.78 is 2.01. The van der Waals surface area contributed by atoms with E-state index in [1.165, 1.54) is 5.69 Å². The topological polar surface area (TPSA) is 56.7 Å². The normalized spacial score (nSPS) is 12.1. The molecule has 0 aliphatic carbocycles. The first-order valence-electron chi connectivity index (χ1n) is 6.13. The molecule has 0 saturated carbocycles. The van der Waals surface area contributed by atoms with Gasteiger partial charge in [0.05, 0.1) is 16.9 Å². The van der Waals surface area contributed by atoms with E-state index in [4.69, 9.17) is 5.73 Å². The quantitative estimate of drug-likeness (QED) is 0.927. The number of aromatic nitrogens is 3. The van der Waals surface area contributed by atoms with Crippen molar-refractivity contribution in [3.05, 3.63) is 21.8 Å². The summed E-state index contributed by atoms with van der Waals surface area (Å²) in [5.74, 6) is 0. The second-order valence-corrected chi connectivity index (χ2v) is 5.98. The van der Waals surface area contributed by atoms with Crippen molar-refractivity contribution in [3.63, 3.8) is 0 Å². The fourth-order valence-corrected chi connectivity index (χ4v) is 2.91. The Morgan fingerprint density at radius 3 is 2.50 bits per heavy atom. The molecule has 2 aromatic heterocycles. The van der Waals surface area contributed by atoms with E-state index >= 15 is 0 Å². The van der Waals surface area contributed by atoms with Crippen LogP contribution in [0.15, 0.2) is 5.38 Å². The molecule has 0 fully saturated rings. The van der Waals surface area contributed by atoms with Gasteiger partial charge >= 0.3 is 0 Å². The SMILES string of the molecule is CCn1nc(C)c(-c2csc(C(C)(C)N)n2)c1C. The standard InChI is InChI=1S/C13H20N4S/c1-6-17-9(3)11(8(2)16-17)10-7-18-12(15-10)13(4,5)14/h7H,6,14H2,1-5H3. The van der Waals surface area contributed by atoms with E-state index in [0.717, 1.165) is 28.5 Å². The average Bonchev–Trinajstić information content (AvgIpc) is 2.83. The van der Waals surface area contributed by atoms with Crippen LogP contribution < -0.4 is 5.73 Å². The lowest BCUT2D eigenvalue weighted by molar-refractivity contribution is 0.551. The third-order valence-corrected chi connectivity index (χ3v) is 4.17. The molecule has 0 radical (unpaired) electrons. The minimum absolute atomic E-state index is 0.383. The van der Waals surface area contributed by atoms with Gasteiger partial charge in [0.1, 0.15) is 5.01 Å². The zero-order chi connectivity index (χ0) is 13.5. The van der Waals surface area contributed by atoms with Crippen LogP contribution in [0.5, 0.6) is 0 Å². The van der Waals surface area contributed by atoms with E-state index in [2.05, 4.69) is 29.3 Å². The molecule has 0 amide bonds. The minimum atomic E-state index is -0.383. The molecular weight excluding hydrogens is 244 g/mol. The van der Waals surface area contributed by atoms with Crippen molar-refractivity contribution in [3.8, 4) is 11.3 Å². The first-order valence-corrected chi connectivity index (χ1v) is 7.01. The highest BCUT2D eigenvalue weighted by atomic mass is 32.1. The van der Waals surface area contributed by atoms with Crippen LogP contribution in [-0.2, 0) is 12.1 Å². The van der Waals surface area contributed by atoms with E-state index in [-0.39, 0.29) is 5.54 Å². The number of hydrogen-bond donors (Lipinski definition) is 1. The van der Waals surface area contributed by atoms with Crippen LogP contribution in [0.25, 0.3) is 11.3 Å². The van der Waals surface area contributed by atoms with E-state index in [1.807, 2.05) is 25.5 Å². The highest BCUT2D eigenvalue weighted by Gasteiger charge is 2.21. The number of rotatable bonds is 3. The molecule has 0 bridgehead atoms. The fourth-order valence-electron chi connectivity index (χ4n) is 2.06. The lowest BCUT2D eigenvalue weighted by Crippen LogP contribution is -2.28. The van der Waals surface area contributed by atoms with E-state index in [1.54, 1.807) is 11.3 Å². The van der Waals surface area contributed by atoms with Crippen LogP contribution in [0, 0.1) is 13.8 Å². The number of nitrogens with zero attached hydrogens (tertiary/aromatic N) is 3. The van der Waals surface area contributed by atoms with Gasteiger partial charge in [-0.05, 0) is 34.6 Å². The molecule has 0 spiro atoms. The molecule has 2 heterocycles. The van der Waals surface area contributed by atoms with Gasteiger partial charge in [-0.2, -0.15) is 5.10 Å². The van der Waals surface area contributed by atoms with Gasteiger partial charge in [0.25, 0.3) is 0 Å². The molecule has 98 valence electrons. The highest BCUT2D eigenvalue weighted by Crippen LogP contribution is 2.31. The Labute approximate surface area is 112 Å². The van der Waals surface area contributed by atoms with Gasteiger partial charge in [0.15, 0.2) is 0 Å². The summed E-state index contributed by atoms with van der Waals surface area (Å²) in [5.41, 5.74) is 10.0. The van der Waals surface area contributed by atoms with Gasteiger partial charge < -0.3 is 5.73 Å². The fraction of sp³-hybridized carbons (Fsp3) is 0.538. The molecule has 0 aliphatic rings. The first-order chi connectivity index (χ1) is 8.34. The Kier molecular flexibility index (Phi) is 3.29. The molecule has 0 unspecified atom stereocenters. The lowest BCUT2D eigenvalue weighted by Gasteiger charge is -2.13. The summed E-state index contributed by atoms with van der Waals surface area (Å²) in [6.45, 7) is 11.0. The maximum atomic E-state index is 6.08. The zero-order valence-electron chi connectivity index (χ0n) is 11.6. The predicted molar refractivity (Wildman–Crippen MR) is 75.7 cm³/mol. The molecule has 0 saturated heterocycles. The van der Waals surface area contributed by atoms with Gasteiger partial charge in [-0.25, -0.2) is 4.98 Å². The summed E-state index contributed by atoms with van der Waals surface area (Å²) in [4.78, 5) is 4.66.